The average Bonchev–Trinajstić information content (AvgIpc) is 3.23. The summed E-state index contributed by atoms with van der Waals surface area (Å²) in [4.78, 5) is 23.9. The van der Waals surface area contributed by atoms with E-state index < -0.39 is 0 Å². The van der Waals surface area contributed by atoms with Crippen LogP contribution in [0.4, 0.5) is 11.4 Å². The first kappa shape index (κ1) is 30.3. The van der Waals surface area contributed by atoms with Crippen molar-refractivity contribution in [1.82, 2.24) is 0 Å². The zero-order chi connectivity index (χ0) is 23.8. The Hall–Kier alpha value is -2.71. The van der Waals surface area contributed by atoms with Crippen molar-refractivity contribution in [3.63, 3.8) is 0 Å². The molecule has 0 saturated heterocycles. The van der Waals surface area contributed by atoms with Gasteiger partial charge in [-0.1, -0.05) is 60.0 Å². The number of fused-ring (bicyclic) bond motifs is 1. The number of nitrogens with zero attached hydrogens (tertiary/aromatic N) is 2. The molecule has 170 valence electrons. The molecule has 1 unspecified atom stereocenters. The molecule has 2 aliphatic rings. The van der Waals surface area contributed by atoms with Crippen LogP contribution in [0.25, 0.3) is 0 Å². The SMILES string of the molecule is C[C-]1CCC2C=CC=C[C@@H]12.Cc1ccc(N=CC=Nc2ccc(C)cc2)cc1.[C-]=O.[CH-]=O.[Mo+3]. The minimum Gasteiger partial charge on any atom is -0.573 e. The molecule has 4 rings (SSSR count). The third kappa shape index (κ3) is 11.1. The second kappa shape index (κ2) is 17.8. The Morgan fingerprint density at radius 2 is 1.27 bits per heavy atom. The Bertz CT molecular complexity index is 847. The van der Waals surface area contributed by atoms with Gasteiger partial charge in [-0.25, -0.2) is 0 Å². The number of aryl methyl sites for hydroxylation is 2. The van der Waals surface area contributed by atoms with Gasteiger partial charge in [0.1, 0.15) is 0 Å². The van der Waals surface area contributed by atoms with Crippen LogP contribution in [0.15, 0.2) is 82.8 Å². The molecule has 2 aromatic carbocycles. The third-order valence-electron chi connectivity index (χ3n) is 5.27. The molecule has 2 aromatic rings. The molecule has 0 heterocycles. The molecule has 0 amide bonds. The van der Waals surface area contributed by atoms with Crippen LogP contribution in [0.5, 0.6) is 0 Å². The van der Waals surface area contributed by atoms with E-state index in [1.165, 1.54) is 24.0 Å². The molecule has 1 saturated carbocycles. The van der Waals surface area contributed by atoms with Gasteiger partial charge >= 0.3 is 21.1 Å². The van der Waals surface area contributed by atoms with Gasteiger partial charge in [-0.15, -0.1) is 12.0 Å². The number of rotatable bonds is 3. The second-order valence-corrected chi connectivity index (χ2v) is 7.57. The largest absolute Gasteiger partial charge is 3.00 e. The van der Waals surface area contributed by atoms with Crippen molar-refractivity contribution < 1.29 is 30.7 Å². The molecule has 0 aromatic heterocycles. The Kier molecular flexibility index (Phi) is 16.3. The molecule has 0 aliphatic heterocycles. The fourth-order valence-corrected chi connectivity index (χ4v) is 3.52. The smallest absolute Gasteiger partial charge is 0.573 e. The molecule has 2 atom stereocenters. The maximum Gasteiger partial charge on any atom is 3.00 e. The van der Waals surface area contributed by atoms with Crippen molar-refractivity contribution in [2.24, 2.45) is 21.8 Å². The summed E-state index contributed by atoms with van der Waals surface area (Å²) in [6.45, 7) is 14.2. The zero-order valence-electron chi connectivity index (χ0n) is 19.3. The van der Waals surface area contributed by atoms with Crippen molar-refractivity contribution in [3.05, 3.63) is 89.9 Å². The molecule has 0 spiro atoms. The van der Waals surface area contributed by atoms with E-state index >= 15 is 0 Å². The topological polar surface area (TPSA) is 58.9 Å². The van der Waals surface area contributed by atoms with E-state index in [0.717, 1.165) is 23.2 Å². The molecule has 4 nitrogen and oxygen atoms in total. The maximum absolute atomic E-state index is 7.75. The van der Waals surface area contributed by atoms with Crippen molar-refractivity contribution in [1.29, 1.82) is 0 Å². The van der Waals surface area contributed by atoms with Gasteiger partial charge < -0.3 is 22.3 Å². The average molecular weight is 523 g/mol. The summed E-state index contributed by atoms with van der Waals surface area (Å²) < 4.78 is 0. The van der Waals surface area contributed by atoms with Crippen LogP contribution in [-0.4, -0.2) is 26.0 Å². The standard InChI is InChI=1S/C16H16N2.C10H13.CHO.CO.Mo/c1-13-3-7-15(8-4-13)17-11-12-18-16-9-5-14(2)6-10-16;1-8-6-7-9-4-2-3-5-10(8)9;2*1-2;/h3-12H,1-2H3;2-5,9-10H,6-7H2,1H3;1H;;/q;3*-1;+3/t;9?,10-;;;/m.0.../s1. The number of allylic oxidation sites excluding steroid dienone is 4. The minimum absolute atomic E-state index is 0. The minimum atomic E-state index is 0. The summed E-state index contributed by atoms with van der Waals surface area (Å²) in [7, 11) is 0. The summed E-state index contributed by atoms with van der Waals surface area (Å²) in [6, 6.07) is 16.1. The Morgan fingerprint density at radius 3 is 1.70 bits per heavy atom. The van der Waals surface area contributed by atoms with Crippen molar-refractivity contribution in [3.8, 4) is 0 Å². The van der Waals surface area contributed by atoms with E-state index in [9.17, 15) is 0 Å². The van der Waals surface area contributed by atoms with Gasteiger partial charge in [0.2, 0.25) is 0 Å². The van der Waals surface area contributed by atoms with Crippen molar-refractivity contribution in [2.75, 3.05) is 0 Å². The van der Waals surface area contributed by atoms with Crippen LogP contribution in [0.2, 0.25) is 0 Å². The number of hydrogen-bond donors (Lipinski definition) is 0. The van der Waals surface area contributed by atoms with Gasteiger partial charge in [0.05, 0.1) is 11.4 Å². The van der Waals surface area contributed by atoms with Crippen molar-refractivity contribution >= 4 is 37.4 Å². The van der Waals surface area contributed by atoms with Crippen LogP contribution in [-0.2, 0) is 30.7 Å². The molecule has 1 fully saturated rings. The summed E-state index contributed by atoms with van der Waals surface area (Å²) in [6.07, 6.45) is 15.2. The summed E-state index contributed by atoms with van der Waals surface area (Å²) in [5.74, 6) is 3.29. The van der Waals surface area contributed by atoms with Gasteiger partial charge in [0, 0.05) is 12.4 Å². The molecule has 0 N–H and O–H groups in total. The molecular formula is C28H30MoN2O2. The van der Waals surface area contributed by atoms with Crippen LogP contribution in [0.3, 0.4) is 0 Å². The van der Waals surface area contributed by atoms with Crippen LogP contribution < -0.4 is 0 Å². The van der Waals surface area contributed by atoms with Crippen LogP contribution in [0, 0.1) is 31.6 Å². The maximum atomic E-state index is 7.75. The Labute approximate surface area is 212 Å². The monoisotopic (exact) mass is 524 g/mol. The van der Waals surface area contributed by atoms with Gasteiger partial charge in [-0.2, -0.15) is 13.3 Å². The quantitative estimate of drug-likeness (QED) is 0.201. The molecule has 2 aliphatic carbocycles. The molecule has 5 heteroatoms. The second-order valence-electron chi connectivity index (χ2n) is 7.57. The fraction of sp³-hybridized carbons (Fsp3) is 0.250. The number of benzene rings is 2. The Balaban J connectivity index is 0.000000579. The van der Waals surface area contributed by atoms with E-state index in [0.29, 0.717) is 0 Å². The van der Waals surface area contributed by atoms with Crippen molar-refractivity contribution in [2.45, 2.75) is 33.6 Å². The normalized spacial score (nSPS) is 18.2. The predicted octanol–water partition coefficient (Wildman–Crippen LogP) is 6.47. The van der Waals surface area contributed by atoms with Gasteiger partial charge in [-0.05, 0) is 44.0 Å². The fourth-order valence-electron chi connectivity index (χ4n) is 3.52. The molecule has 33 heavy (non-hydrogen) atoms. The number of carbonyl (C=O) groups excluding carboxylic acids is 2. The van der Waals surface area contributed by atoms with Gasteiger partial charge in [0.25, 0.3) is 0 Å². The predicted molar refractivity (Wildman–Crippen MR) is 135 cm³/mol. The summed E-state index contributed by atoms with van der Waals surface area (Å²) in [5.41, 5.74) is 4.36. The van der Waals surface area contributed by atoms with E-state index in [-0.39, 0.29) is 21.1 Å². The summed E-state index contributed by atoms with van der Waals surface area (Å²) >= 11 is 0. The molecule has 2 radical (unpaired) electrons. The first-order chi connectivity index (χ1) is 15.6. The first-order valence-electron chi connectivity index (χ1n) is 10.4. The third-order valence-corrected chi connectivity index (χ3v) is 5.27. The van der Waals surface area contributed by atoms with Crippen LogP contribution in [0.1, 0.15) is 30.9 Å². The number of hydrogen-bond acceptors (Lipinski definition) is 4. The Morgan fingerprint density at radius 1 is 0.848 bits per heavy atom. The zero-order valence-corrected chi connectivity index (χ0v) is 21.4. The first-order valence-corrected chi connectivity index (χ1v) is 10.4. The molecular weight excluding hydrogens is 492 g/mol. The van der Waals surface area contributed by atoms with Gasteiger partial charge in [-0.3, -0.25) is 16.8 Å². The van der Waals surface area contributed by atoms with Gasteiger partial charge in [0.15, 0.2) is 0 Å². The van der Waals surface area contributed by atoms with E-state index in [2.05, 4.69) is 68.6 Å². The van der Waals surface area contributed by atoms with E-state index in [1.807, 2.05) is 48.5 Å². The number of aliphatic imine (C=N–C) groups is 2. The molecule has 0 bridgehead atoms. The summed E-state index contributed by atoms with van der Waals surface area (Å²) in [5, 5.41) is 0. The van der Waals surface area contributed by atoms with E-state index in [4.69, 9.17) is 9.59 Å². The van der Waals surface area contributed by atoms with Crippen LogP contribution >= 0.6 is 0 Å². The van der Waals surface area contributed by atoms with E-state index in [1.54, 1.807) is 18.3 Å².